The van der Waals surface area contributed by atoms with Crippen molar-refractivity contribution in [1.29, 1.82) is 0 Å². The van der Waals surface area contributed by atoms with Gasteiger partial charge in [-0.25, -0.2) is 4.79 Å². The van der Waals surface area contributed by atoms with Crippen LogP contribution in [0.2, 0.25) is 15.1 Å². The Bertz CT molecular complexity index is 1000. The molecule has 2 aromatic rings. The van der Waals surface area contributed by atoms with Gasteiger partial charge in [-0.05, 0) is 24.6 Å². The first-order valence-corrected chi connectivity index (χ1v) is 9.78. The maximum atomic E-state index is 12.0. The number of hydrogen-bond donors (Lipinski definition) is 0. The van der Waals surface area contributed by atoms with E-state index in [0.717, 1.165) is 0 Å². The van der Waals surface area contributed by atoms with Crippen molar-refractivity contribution in [3.8, 4) is 0 Å². The second-order valence-corrected chi connectivity index (χ2v) is 7.04. The summed E-state index contributed by atoms with van der Waals surface area (Å²) < 4.78 is 4.76. The van der Waals surface area contributed by atoms with E-state index in [1.54, 1.807) is 49.4 Å². The lowest BCUT2D eigenvalue weighted by Crippen LogP contribution is -2.19. The number of rotatable bonds is 8. The number of nitrogens with zero attached hydrogens (tertiary/aromatic N) is 2. The molecule has 2 rings (SSSR count). The van der Waals surface area contributed by atoms with Crippen molar-refractivity contribution in [3.63, 3.8) is 0 Å². The quantitative estimate of drug-likeness (QED) is 0.213. The highest BCUT2D eigenvalue weighted by atomic mass is 35.5. The Morgan fingerprint density at radius 2 is 1.77 bits per heavy atom. The topological polar surface area (TPSA) is 69.5 Å². The minimum Gasteiger partial charge on any atom is -0.464 e. The lowest BCUT2D eigenvalue weighted by molar-refractivity contribution is -0.132. The van der Waals surface area contributed by atoms with Gasteiger partial charge in [-0.1, -0.05) is 81.5 Å². The lowest BCUT2D eigenvalue weighted by atomic mass is 10.0. The highest BCUT2D eigenvalue weighted by molar-refractivity contribution is 6.48. The number of esters is 1. The van der Waals surface area contributed by atoms with Crippen LogP contribution in [0.25, 0.3) is 6.08 Å². The maximum Gasteiger partial charge on any atom is 0.360 e. The van der Waals surface area contributed by atoms with Gasteiger partial charge in [0.15, 0.2) is 5.71 Å². The van der Waals surface area contributed by atoms with Crippen LogP contribution in [-0.4, -0.2) is 31.6 Å². The molecule has 0 aliphatic heterocycles. The normalized spacial score (nSPS) is 12.2. The van der Waals surface area contributed by atoms with Crippen LogP contribution in [-0.2, 0) is 25.8 Å². The van der Waals surface area contributed by atoms with E-state index in [9.17, 15) is 4.79 Å². The van der Waals surface area contributed by atoms with Gasteiger partial charge in [0.2, 0.25) is 0 Å². The van der Waals surface area contributed by atoms with Crippen LogP contribution in [0.15, 0.2) is 52.8 Å². The van der Waals surface area contributed by atoms with Gasteiger partial charge in [-0.3, -0.25) is 0 Å². The van der Waals surface area contributed by atoms with Crippen LogP contribution in [0.3, 0.4) is 0 Å². The summed E-state index contributed by atoms with van der Waals surface area (Å²) in [7, 11) is 2.62. The highest BCUT2D eigenvalue weighted by Crippen LogP contribution is 2.33. The Kier molecular flexibility index (Phi) is 9.17. The third kappa shape index (κ3) is 6.23. The molecule has 0 bridgehead atoms. The molecule has 30 heavy (non-hydrogen) atoms. The third-order valence-corrected chi connectivity index (χ3v) is 5.14. The van der Waals surface area contributed by atoms with Gasteiger partial charge in [0.25, 0.3) is 0 Å². The van der Waals surface area contributed by atoms with E-state index in [1.165, 1.54) is 14.2 Å². The Labute approximate surface area is 189 Å². The Morgan fingerprint density at radius 1 is 1.03 bits per heavy atom. The number of oxime groups is 2. The molecule has 0 aromatic heterocycles. The Hall–Kier alpha value is -2.54. The molecule has 0 aliphatic rings. The van der Waals surface area contributed by atoms with E-state index in [0.29, 0.717) is 37.5 Å². The van der Waals surface area contributed by atoms with Crippen molar-refractivity contribution in [2.45, 2.75) is 13.5 Å². The summed E-state index contributed by atoms with van der Waals surface area (Å²) in [6, 6.07) is 10.5. The monoisotopic (exact) mass is 468 g/mol. The predicted octanol–water partition coefficient (Wildman–Crippen LogP) is 5.78. The summed E-state index contributed by atoms with van der Waals surface area (Å²) in [6.07, 6.45) is 3.48. The molecule has 0 N–H and O–H groups in total. The molecule has 0 heterocycles. The third-order valence-electron chi connectivity index (χ3n) is 3.83. The molecule has 158 valence electrons. The van der Waals surface area contributed by atoms with Crippen molar-refractivity contribution in [1.82, 2.24) is 0 Å². The SMILES string of the molecule is CO/N=C(\C(=O)OC)c1ccccc1CO/N=C(C)/C=C/c1ccc(Cl)c(Cl)c1Cl. The molecule has 0 saturated heterocycles. The van der Waals surface area contributed by atoms with Gasteiger partial charge >= 0.3 is 5.97 Å². The molecule has 0 atom stereocenters. The van der Waals surface area contributed by atoms with E-state index >= 15 is 0 Å². The molecule has 0 amide bonds. The number of hydrogen-bond acceptors (Lipinski definition) is 6. The molecule has 9 heteroatoms. The summed E-state index contributed by atoms with van der Waals surface area (Å²) >= 11 is 18.1. The number of allylic oxidation sites excluding steroid dienone is 1. The number of methoxy groups -OCH3 is 1. The average molecular weight is 470 g/mol. The summed E-state index contributed by atoms with van der Waals surface area (Å²) in [5.41, 5.74) is 2.54. The first-order chi connectivity index (χ1) is 14.4. The van der Waals surface area contributed by atoms with Crippen LogP contribution in [0.4, 0.5) is 0 Å². The second-order valence-electron chi connectivity index (χ2n) is 5.88. The fourth-order valence-corrected chi connectivity index (χ4v) is 2.98. The van der Waals surface area contributed by atoms with Crippen LogP contribution in [0.5, 0.6) is 0 Å². The molecule has 0 spiro atoms. The minimum atomic E-state index is -0.620. The second kappa shape index (κ2) is 11.6. The fourth-order valence-electron chi connectivity index (χ4n) is 2.38. The number of ether oxygens (including phenoxy) is 1. The molecule has 0 aliphatic carbocycles. The smallest absolute Gasteiger partial charge is 0.360 e. The van der Waals surface area contributed by atoms with E-state index in [1.807, 2.05) is 6.07 Å². The standard InChI is InChI=1S/C21H19Cl3N2O4/c1-13(8-9-14-10-11-17(22)19(24)18(14)23)25-30-12-15-6-4-5-7-16(15)20(26-29-3)21(27)28-2/h4-11H,12H2,1-3H3/b9-8+,25-13+,26-20-. The summed E-state index contributed by atoms with van der Waals surface area (Å²) in [5, 5.41) is 8.85. The molecular formula is C21H19Cl3N2O4. The molecule has 0 saturated carbocycles. The van der Waals surface area contributed by atoms with Crippen molar-refractivity contribution in [2.24, 2.45) is 10.3 Å². The van der Waals surface area contributed by atoms with Gasteiger partial charge in [0.1, 0.15) is 13.7 Å². The van der Waals surface area contributed by atoms with Gasteiger partial charge in [0.05, 0.1) is 27.9 Å². The zero-order valence-corrected chi connectivity index (χ0v) is 18.8. The van der Waals surface area contributed by atoms with E-state index in [2.05, 4.69) is 10.3 Å². The predicted molar refractivity (Wildman–Crippen MR) is 120 cm³/mol. The summed E-state index contributed by atoms with van der Waals surface area (Å²) in [5.74, 6) is -0.620. The van der Waals surface area contributed by atoms with Gasteiger partial charge in [0, 0.05) is 11.1 Å². The molecule has 0 fully saturated rings. The lowest BCUT2D eigenvalue weighted by Gasteiger charge is -2.09. The van der Waals surface area contributed by atoms with Crippen LogP contribution < -0.4 is 0 Å². The first-order valence-electron chi connectivity index (χ1n) is 8.64. The maximum absolute atomic E-state index is 12.0. The average Bonchev–Trinajstić information content (AvgIpc) is 2.75. The molecule has 0 unspecified atom stereocenters. The molecular weight excluding hydrogens is 451 g/mol. The summed E-state index contributed by atoms with van der Waals surface area (Å²) in [6.45, 7) is 1.87. The zero-order chi connectivity index (χ0) is 22.1. The number of halogens is 3. The van der Waals surface area contributed by atoms with E-state index in [4.69, 9.17) is 49.2 Å². The summed E-state index contributed by atoms with van der Waals surface area (Å²) in [4.78, 5) is 22.2. The molecule has 0 radical (unpaired) electrons. The fraction of sp³-hybridized carbons (Fsp3) is 0.190. The van der Waals surface area contributed by atoms with Gasteiger partial charge in [-0.15, -0.1) is 0 Å². The van der Waals surface area contributed by atoms with Crippen molar-refractivity contribution in [2.75, 3.05) is 14.2 Å². The zero-order valence-electron chi connectivity index (χ0n) is 16.5. The van der Waals surface area contributed by atoms with Gasteiger partial charge in [-0.2, -0.15) is 0 Å². The Morgan fingerprint density at radius 3 is 2.47 bits per heavy atom. The van der Waals surface area contributed by atoms with E-state index in [-0.39, 0.29) is 12.3 Å². The number of carbonyl (C=O) groups excluding carboxylic acids is 1. The highest BCUT2D eigenvalue weighted by Gasteiger charge is 2.19. The van der Waals surface area contributed by atoms with Crippen LogP contribution in [0.1, 0.15) is 23.6 Å². The van der Waals surface area contributed by atoms with Crippen LogP contribution >= 0.6 is 34.8 Å². The van der Waals surface area contributed by atoms with Gasteiger partial charge < -0.3 is 14.4 Å². The largest absolute Gasteiger partial charge is 0.464 e. The number of carbonyl (C=O) groups is 1. The van der Waals surface area contributed by atoms with E-state index < -0.39 is 5.97 Å². The Balaban J connectivity index is 2.13. The van der Waals surface area contributed by atoms with Crippen molar-refractivity contribution >= 4 is 58.3 Å². The first kappa shape index (κ1) is 23.7. The number of benzene rings is 2. The minimum absolute atomic E-state index is 0.0362. The molecule has 6 nitrogen and oxygen atoms in total. The van der Waals surface area contributed by atoms with Crippen LogP contribution in [0, 0.1) is 0 Å². The molecule has 2 aromatic carbocycles. The van der Waals surface area contributed by atoms with Crippen molar-refractivity contribution in [3.05, 3.63) is 74.2 Å². The van der Waals surface area contributed by atoms with Crippen molar-refractivity contribution < 1.29 is 19.2 Å².